The predicted molar refractivity (Wildman–Crippen MR) is 92.7 cm³/mol. The fourth-order valence-corrected chi connectivity index (χ4v) is 3.09. The van der Waals surface area contributed by atoms with E-state index in [0.717, 1.165) is 10.5 Å². The van der Waals surface area contributed by atoms with Crippen LogP contribution in [0, 0.1) is 5.82 Å². The summed E-state index contributed by atoms with van der Waals surface area (Å²) in [5.41, 5.74) is -0.136. The molecule has 2 amide bonds. The van der Waals surface area contributed by atoms with Crippen molar-refractivity contribution in [3.05, 3.63) is 71.5 Å². The largest absolute Gasteiger partial charge is 0.447 e. The van der Waals surface area contributed by atoms with E-state index in [9.17, 15) is 19.1 Å². The van der Waals surface area contributed by atoms with Crippen LogP contribution in [0.5, 0.6) is 0 Å². The van der Waals surface area contributed by atoms with E-state index in [0.29, 0.717) is 12.0 Å². The Labute approximate surface area is 151 Å². The molecule has 5 nitrogen and oxygen atoms in total. The number of aliphatic hydroxyl groups is 1. The van der Waals surface area contributed by atoms with Crippen molar-refractivity contribution in [3.63, 3.8) is 0 Å². The average Bonchev–Trinajstić information content (AvgIpc) is 2.96. The van der Waals surface area contributed by atoms with Crippen LogP contribution in [0.1, 0.15) is 24.5 Å². The van der Waals surface area contributed by atoms with E-state index in [1.807, 2.05) is 30.3 Å². The van der Waals surface area contributed by atoms with Gasteiger partial charge in [-0.05, 0) is 36.6 Å². The summed E-state index contributed by atoms with van der Waals surface area (Å²) in [6.45, 7) is 1.59. The van der Waals surface area contributed by atoms with Crippen molar-refractivity contribution in [1.29, 1.82) is 0 Å². The van der Waals surface area contributed by atoms with E-state index < -0.39 is 29.5 Å². The Morgan fingerprint density at radius 2 is 1.88 bits per heavy atom. The van der Waals surface area contributed by atoms with Gasteiger partial charge in [-0.15, -0.1) is 0 Å². The molecule has 1 saturated heterocycles. The molecular formula is C20H20FNO4. The van der Waals surface area contributed by atoms with E-state index >= 15 is 0 Å². The lowest BCUT2D eigenvalue weighted by molar-refractivity contribution is -0.134. The SMILES string of the molecule is C[C@](O)(CC(=O)N1C(=O)OC[C@@H]1Cc1ccccc1)c1ccc(F)cc1. The number of ether oxygens (including phenoxy) is 1. The van der Waals surface area contributed by atoms with Gasteiger partial charge in [0.25, 0.3) is 0 Å². The topological polar surface area (TPSA) is 66.8 Å². The first kappa shape index (κ1) is 18.1. The van der Waals surface area contributed by atoms with Crippen LogP contribution in [0.3, 0.4) is 0 Å². The number of cyclic esters (lactones) is 1. The van der Waals surface area contributed by atoms with Gasteiger partial charge in [0.1, 0.15) is 12.4 Å². The van der Waals surface area contributed by atoms with Gasteiger partial charge in [0.15, 0.2) is 0 Å². The van der Waals surface area contributed by atoms with Gasteiger partial charge >= 0.3 is 6.09 Å². The van der Waals surface area contributed by atoms with Crippen LogP contribution < -0.4 is 0 Å². The third-order valence-electron chi connectivity index (χ3n) is 4.51. The van der Waals surface area contributed by atoms with Gasteiger partial charge in [0.2, 0.25) is 5.91 Å². The van der Waals surface area contributed by atoms with Crippen molar-refractivity contribution < 1.29 is 23.8 Å². The molecule has 2 aromatic carbocycles. The molecule has 1 aliphatic rings. The second-order valence-corrected chi connectivity index (χ2v) is 6.64. The maximum atomic E-state index is 13.1. The van der Waals surface area contributed by atoms with Crippen molar-refractivity contribution in [2.45, 2.75) is 31.4 Å². The summed E-state index contributed by atoms with van der Waals surface area (Å²) in [4.78, 5) is 25.8. The van der Waals surface area contributed by atoms with E-state index in [1.54, 1.807) is 0 Å². The summed E-state index contributed by atoms with van der Waals surface area (Å²) in [7, 11) is 0. The Bertz CT molecular complexity index is 789. The Kier molecular flexibility index (Phi) is 5.04. The molecule has 1 N–H and O–H groups in total. The second kappa shape index (κ2) is 7.25. The first-order valence-electron chi connectivity index (χ1n) is 8.38. The lowest BCUT2D eigenvalue weighted by atomic mass is 9.91. The zero-order chi connectivity index (χ0) is 18.7. The standard InChI is InChI=1S/C20H20FNO4/c1-20(25,15-7-9-16(21)10-8-15)12-18(23)22-17(13-26-19(22)24)11-14-5-3-2-4-6-14/h2-10,17,25H,11-13H2,1H3/t17-,20-/m0/s1. The van der Waals surface area contributed by atoms with Gasteiger partial charge in [-0.25, -0.2) is 14.1 Å². The molecule has 2 atom stereocenters. The molecule has 1 fully saturated rings. The highest BCUT2D eigenvalue weighted by molar-refractivity contribution is 5.94. The zero-order valence-electron chi connectivity index (χ0n) is 14.4. The van der Waals surface area contributed by atoms with Crippen LogP contribution in [0.25, 0.3) is 0 Å². The summed E-state index contributed by atoms with van der Waals surface area (Å²) in [6.07, 6.45) is -0.526. The van der Waals surface area contributed by atoms with Gasteiger partial charge in [-0.2, -0.15) is 0 Å². The average molecular weight is 357 g/mol. The first-order chi connectivity index (χ1) is 12.4. The number of hydrogen-bond donors (Lipinski definition) is 1. The van der Waals surface area contributed by atoms with Crippen LogP contribution in [0.2, 0.25) is 0 Å². The zero-order valence-corrected chi connectivity index (χ0v) is 14.4. The molecule has 0 bridgehead atoms. The molecule has 0 saturated carbocycles. The van der Waals surface area contributed by atoms with E-state index in [1.165, 1.54) is 31.2 Å². The smallest absolute Gasteiger partial charge is 0.416 e. The van der Waals surface area contributed by atoms with Gasteiger partial charge < -0.3 is 9.84 Å². The van der Waals surface area contributed by atoms with E-state index in [-0.39, 0.29) is 13.0 Å². The van der Waals surface area contributed by atoms with Gasteiger partial charge in [-0.1, -0.05) is 42.5 Å². The molecule has 3 rings (SSSR count). The number of carbonyl (C=O) groups is 2. The second-order valence-electron chi connectivity index (χ2n) is 6.64. The highest BCUT2D eigenvalue weighted by Crippen LogP contribution is 2.28. The molecule has 0 unspecified atom stereocenters. The normalized spacial score (nSPS) is 19.1. The van der Waals surface area contributed by atoms with Crippen molar-refractivity contribution in [1.82, 2.24) is 4.90 Å². The molecule has 0 aromatic heterocycles. The Morgan fingerprint density at radius 3 is 2.54 bits per heavy atom. The van der Waals surface area contributed by atoms with E-state index in [4.69, 9.17) is 4.74 Å². The number of rotatable bonds is 5. The van der Waals surface area contributed by atoms with Crippen molar-refractivity contribution in [2.75, 3.05) is 6.61 Å². The maximum Gasteiger partial charge on any atom is 0.416 e. The van der Waals surface area contributed by atoms with Crippen LogP contribution >= 0.6 is 0 Å². The Morgan fingerprint density at radius 1 is 1.23 bits per heavy atom. The molecule has 0 aliphatic carbocycles. The van der Waals surface area contributed by atoms with Gasteiger partial charge in [-0.3, -0.25) is 4.79 Å². The number of halogens is 1. The van der Waals surface area contributed by atoms with Gasteiger partial charge in [0, 0.05) is 0 Å². The maximum absolute atomic E-state index is 13.1. The molecule has 0 radical (unpaired) electrons. The van der Waals surface area contributed by atoms with Gasteiger partial charge in [0.05, 0.1) is 18.1 Å². The molecule has 1 aliphatic heterocycles. The third kappa shape index (κ3) is 3.91. The molecule has 1 heterocycles. The van der Waals surface area contributed by atoms with E-state index in [2.05, 4.69) is 0 Å². The molecule has 6 heteroatoms. The summed E-state index contributed by atoms with van der Waals surface area (Å²) in [6, 6.07) is 14.4. The van der Waals surface area contributed by atoms with Crippen molar-refractivity contribution >= 4 is 12.0 Å². The minimum absolute atomic E-state index is 0.123. The van der Waals surface area contributed by atoms with Crippen LogP contribution in [-0.2, 0) is 21.6 Å². The number of imide groups is 1. The highest BCUT2D eigenvalue weighted by Gasteiger charge is 2.40. The molecule has 26 heavy (non-hydrogen) atoms. The van der Waals surface area contributed by atoms with Crippen LogP contribution in [0.4, 0.5) is 9.18 Å². The number of carbonyl (C=O) groups excluding carboxylic acids is 2. The summed E-state index contributed by atoms with van der Waals surface area (Å²) in [5.74, 6) is -0.954. The minimum atomic E-state index is -1.52. The Hall–Kier alpha value is -2.73. The lowest BCUT2D eigenvalue weighted by Crippen LogP contribution is -2.43. The molecule has 0 spiro atoms. The summed E-state index contributed by atoms with van der Waals surface area (Å²) >= 11 is 0. The number of benzene rings is 2. The highest BCUT2D eigenvalue weighted by atomic mass is 19.1. The molecular weight excluding hydrogens is 337 g/mol. The summed E-state index contributed by atoms with van der Waals surface area (Å²) < 4.78 is 18.1. The number of nitrogens with zero attached hydrogens (tertiary/aromatic N) is 1. The predicted octanol–water partition coefficient (Wildman–Crippen LogP) is 3.01. The Balaban J connectivity index is 1.74. The minimum Gasteiger partial charge on any atom is -0.447 e. The number of amides is 2. The van der Waals surface area contributed by atoms with Crippen molar-refractivity contribution in [3.8, 4) is 0 Å². The molecule has 136 valence electrons. The van der Waals surface area contributed by atoms with Crippen LogP contribution in [-0.4, -0.2) is 34.7 Å². The van der Waals surface area contributed by atoms with Crippen molar-refractivity contribution in [2.24, 2.45) is 0 Å². The molecule has 2 aromatic rings. The number of hydrogen-bond acceptors (Lipinski definition) is 4. The van der Waals surface area contributed by atoms with Crippen LogP contribution in [0.15, 0.2) is 54.6 Å². The lowest BCUT2D eigenvalue weighted by Gasteiger charge is -2.27. The first-order valence-corrected chi connectivity index (χ1v) is 8.38. The summed E-state index contributed by atoms with van der Waals surface area (Å²) in [5, 5.41) is 10.6. The monoisotopic (exact) mass is 357 g/mol. The third-order valence-corrected chi connectivity index (χ3v) is 4.51. The quantitative estimate of drug-likeness (QED) is 0.893. The fraction of sp³-hybridized carbons (Fsp3) is 0.300. The fourth-order valence-electron chi connectivity index (χ4n) is 3.09.